The van der Waals surface area contributed by atoms with Crippen molar-refractivity contribution in [1.29, 1.82) is 0 Å². The molecule has 0 aromatic carbocycles. The van der Waals surface area contributed by atoms with Gasteiger partial charge in [-0.3, -0.25) is 10.5 Å². The van der Waals surface area contributed by atoms with Crippen LogP contribution in [0.4, 0.5) is 0 Å². The number of carbonyl (C=O) groups is 1. The van der Waals surface area contributed by atoms with Crippen molar-refractivity contribution in [1.82, 2.24) is 0 Å². The van der Waals surface area contributed by atoms with Gasteiger partial charge in [0.1, 0.15) is 6.61 Å². The third-order valence-electron chi connectivity index (χ3n) is 4.23. The van der Waals surface area contributed by atoms with Gasteiger partial charge in [-0.1, -0.05) is 96.8 Å². The Morgan fingerprint density at radius 2 is 1.00 bits per heavy atom. The molecular formula is C20H43NO5. The van der Waals surface area contributed by atoms with E-state index in [9.17, 15) is 4.79 Å². The first-order valence-electron chi connectivity index (χ1n) is 10.4. The highest BCUT2D eigenvalue weighted by Gasteiger charge is 2.11. The number of aliphatic hydroxyl groups excluding tert-OH is 1. The van der Waals surface area contributed by atoms with Crippen molar-refractivity contribution in [2.75, 3.05) is 6.61 Å². The normalized spacial score (nSPS) is 11.1. The van der Waals surface area contributed by atoms with Crippen LogP contribution in [0.15, 0.2) is 0 Å². The van der Waals surface area contributed by atoms with Crippen molar-refractivity contribution in [3.8, 4) is 0 Å². The van der Waals surface area contributed by atoms with Gasteiger partial charge in [0.15, 0.2) is 0 Å². The van der Waals surface area contributed by atoms with Crippen molar-refractivity contribution in [2.45, 2.75) is 116 Å². The maximum atomic E-state index is 10.3. The second-order valence-corrected chi connectivity index (χ2v) is 7.13. The van der Waals surface area contributed by atoms with Crippen molar-refractivity contribution >= 4 is 5.97 Å². The third-order valence-corrected chi connectivity index (χ3v) is 4.23. The Kier molecular flexibility index (Phi) is 21.8. The van der Waals surface area contributed by atoms with Gasteiger partial charge in [0, 0.05) is 6.42 Å². The number of aliphatic carboxylic acids is 1. The molecule has 0 spiro atoms. The van der Waals surface area contributed by atoms with E-state index in [1.54, 1.807) is 0 Å². The molecular weight excluding hydrogens is 334 g/mol. The summed E-state index contributed by atoms with van der Waals surface area (Å²) >= 11 is 0. The molecule has 0 aliphatic carbocycles. The van der Waals surface area contributed by atoms with E-state index in [2.05, 4.69) is 12.7 Å². The smallest absolute Gasteiger partial charge is 0.303 e. The number of carboxylic acid groups (broad SMARTS) is 1. The Labute approximate surface area is 159 Å². The lowest BCUT2D eigenvalue weighted by molar-refractivity contribution is -0.181. The van der Waals surface area contributed by atoms with Crippen molar-refractivity contribution in [3.63, 3.8) is 0 Å². The molecule has 0 saturated heterocycles. The number of nitrogens with two attached hydrogens (primary N) is 1. The molecule has 0 fully saturated rings. The number of carboxylic acids is 1. The quantitative estimate of drug-likeness (QED) is 0.193. The van der Waals surface area contributed by atoms with Crippen LogP contribution in [0.5, 0.6) is 0 Å². The van der Waals surface area contributed by atoms with Crippen LogP contribution < -0.4 is 5.73 Å². The molecule has 6 N–H and O–H groups in total. The lowest BCUT2D eigenvalue weighted by atomic mass is 10.0. The van der Waals surface area contributed by atoms with Crippen molar-refractivity contribution in [2.24, 2.45) is 5.73 Å². The zero-order valence-corrected chi connectivity index (χ0v) is 16.8. The summed E-state index contributed by atoms with van der Waals surface area (Å²) in [6.45, 7) is 1.43. The Balaban J connectivity index is 0. The number of aliphatic hydroxyl groups is 3. The summed E-state index contributed by atoms with van der Waals surface area (Å²) in [5.74, 6) is -3.06. The number of rotatable bonds is 17. The maximum absolute atomic E-state index is 10.3. The number of unbranched alkanes of at least 4 members (excludes halogenated alkanes) is 14. The van der Waals surface area contributed by atoms with Gasteiger partial charge in [-0.05, 0) is 6.42 Å². The average molecular weight is 378 g/mol. The molecule has 0 aromatic rings. The minimum atomic E-state index is -2.40. The summed E-state index contributed by atoms with van der Waals surface area (Å²) in [6, 6.07) is 0. The van der Waals surface area contributed by atoms with E-state index in [1.165, 1.54) is 83.5 Å². The summed E-state index contributed by atoms with van der Waals surface area (Å²) in [6.07, 6.45) is 20.2. The molecule has 0 atom stereocenters. The molecule has 0 rings (SSSR count). The summed E-state index contributed by atoms with van der Waals surface area (Å²) in [7, 11) is 0. The van der Waals surface area contributed by atoms with Crippen LogP contribution in [0.2, 0.25) is 0 Å². The van der Waals surface area contributed by atoms with Crippen molar-refractivity contribution < 1.29 is 25.2 Å². The van der Waals surface area contributed by atoms with Crippen LogP contribution in [0, 0.1) is 0 Å². The topological polar surface area (TPSA) is 124 Å². The molecule has 6 heteroatoms. The Morgan fingerprint density at radius 3 is 1.23 bits per heavy atom. The van der Waals surface area contributed by atoms with E-state index in [0.717, 1.165) is 12.8 Å². The molecule has 0 amide bonds. The van der Waals surface area contributed by atoms with Gasteiger partial charge in [-0.15, -0.1) is 0 Å². The van der Waals surface area contributed by atoms with E-state index in [1.807, 2.05) is 0 Å². The minimum Gasteiger partial charge on any atom is -0.481 e. The van der Waals surface area contributed by atoms with E-state index >= 15 is 0 Å². The fourth-order valence-electron chi connectivity index (χ4n) is 2.65. The van der Waals surface area contributed by atoms with Gasteiger partial charge < -0.3 is 20.4 Å². The largest absolute Gasteiger partial charge is 0.481 e. The zero-order chi connectivity index (χ0) is 20.1. The van der Waals surface area contributed by atoms with E-state index < -0.39 is 18.5 Å². The summed E-state index contributed by atoms with van der Waals surface area (Å²) in [4.78, 5) is 10.3. The fraction of sp³-hybridized carbons (Fsp3) is 0.950. The van der Waals surface area contributed by atoms with Crippen LogP contribution in [0.25, 0.3) is 0 Å². The minimum absolute atomic E-state index is 0.345. The molecule has 0 aliphatic heterocycles. The first-order chi connectivity index (χ1) is 12.3. The Bertz CT molecular complexity index is 292. The summed E-state index contributed by atoms with van der Waals surface area (Å²) < 4.78 is 0. The predicted molar refractivity (Wildman–Crippen MR) is 106 cm³/mol. The van der Waals surface area contributed by atoms with E-state index in [4.69, 9.17) is 20.4 Å². The highest BCUT2D eigenvalue weighted by Crippen LogP contribution is 2.13. The lowest BCUT2D eigenvalue weighted by Gasteiger charge is -2.08. The molecule has 0 aromatic heterocycles. The van der Waals surface area contributed by atoms with Crippen molar-refractivity contribution in [3.05, 3.63) is 0 Å². The number of hydrogen-bond donors (Lipinski definition) is 5. The summed E-state index contributed by atoms with van der Waals surface area (Å²) in [5, 5.41) is 32.1. The second kappa shape index (κ2) is 20.6. The Hall–Kier alpha value is -0.690. The molecule has 158 valence electrons. The monoisotopic (exact) mass is 377 g/mol. The fourth-order valence-corrected chi connectivity index (χ4v) is 2.65. The first kappa shape index (κ1) is 27.5. The van der Waals surface area contributed by atoms with Gasteiger partial charge in [-0.25, -0.2) is 0 Å². The molecule has 0 bridgehead atoms. The van der Waals surface area contributed by atoms with Crippen LogP contribution in [-0.4, -0.2) is 38.9 Å². The molecule has 0 unspecified atom stereocenters. The third kappa shape index (κ3) is 31.1. The average Bonchev–Trinajstić information content (AvgIpc) is 2.58. The van der Waals surface area contributed by atoms with Crippen LogP contribution in [0.1, 0.15) is 110 Å². The predicted octanol–water partition coefficient (Wildman–Crippen LogP) is 3.91. The first-order valence-corrected chi connectivity index (χ1v) is 10.4. The molecule has 26 heavy (non-hydrogen) atoms. The van der Waals surface area contributed by atoms with Crippen LogP contribution in [-0.2, 0) is 4.79 Å². The maximum Gasteiger partial charge on any atom is 0.303 e. The van der Waals surface area contributed by atoms with Crippen LogP contribution in [0.3, 0.4) is 0 Å². The molecule has 6 nitrogen and oxygen atoms in total. The van der Waals surface area contributed by atoms with Crippen LogP contribution >= 0.6 is 0 Å². The molecule has 0 heterocycles. The second-order valence-electron chi connectivity index (χ2n) is 7.13. The van der Waals surface area contributed by atoms with Gasteiger partial charge in [0.05, 0.1) is 0 Å². The highest BCUT2D eigenvalue weighted by atomic mass is 16.5. The highest BCUT2D eigenvalue weighted by molar-refractivity contribution is 5.66. The van der Waals surface area contributed by atoms with Gasteiger partial charge in [0.2, 0.25) is 5.91 Å². The standard InChI is InChI=1S/C18H36O2.C2H7NO3/c1-2-3-4-5-6-7-8-9-10-11-12-13-14-15-16-17-18(19)20;3-2(5,6)1-4/h2-17H2,1H3,(H,19,20);4-6H,1,3H2. The number of hydrogen-bond acceptors (Lipinski definition) is 5. The zero-order valence-electron chi connectivity index (χ0n) is 16.8. The molecule has 0 aliphatic rings. The van der Waals surface area contributed by atoms with Gasteiger partial charge in [-0.2, -0.15) is 0 Å². The van der Waals surface area contributed by atoms with Gasteiger partial charge >= 0.3 is 5.97 Å². The lowest BCUT2D eigenvalue weighted by Crippen LogP contribution is -2.42. The molecule has 0 radical (unpaired) electrons. The summed E-state index contributed by atoms with van der Waals surface area (Å²) in [5.41, 5.74) is 4.40. The SMILES string of the molecule is CCCCCCCCCCCCCCCCCC(=O)O.NC(O)(O)CO. The van der Waals surface area contributed by atoms with E-state index in [-0.39, 0.29) is 0 Å². The van der Waals surface area contributed by atoms with Gasteiger partial charge in [0.25, 0.3) is 0 Å². The van der Waals surface area contributed by atoms with E-state index in [0.29, 0.717) is 6.42 Å². The Morgan fingerprint density at radius 1 is 0.731 bits per heavy atom. The molecule has 0 saturated carbocycles.